The van der Waals surface area contributed by atoms with Gasteiger partial charge in [0.15, 0.2) is 5.82 Å². The number of hydrogen-bond acceptors (Lipinski definition) is 5. The molecule has 2 aromatic heterocycles. The largest absolute Gasteiger partial charge is 0.355 e. The van der Waals surface area contributed by atoms with Gasteiger partial charge in [-0.25, -0.2) is 9.97 Å². The highest BCUT2D eigenvalue weighted by molar-refractivity contribution is 7.14. The van der Waals surface area contributed by atoms with Gasteiger partial charge in [0.25, 0.3) is 0 Å². The third-order valence-corrected chi connectivity index (χ3v) is 5.35. The van der Waals surface area contributed by atoms with Crippen LogP contribution in [0, 0.1) is 0 Å². The van der Waals surface area contributed by atoms with Crippen LogP contribution in [0.4, 0.5) is 5.82 Å². The predicted molar refractivity (Wildman–Crippen MR) is 96.3 cm³/mol. The SMILES string of the molecule is Clc1ccc(-c2nsc3c(N4CCCCCC4)ncnc23)cc1. The van der Waals surface area contributed by atoms with E-state index < -0.39 is 0 Å². The molecule has 0 radical (unpaired) electrons. The summed E-state index contributed by atoms with van der Waals surface area (Å²) in [6.07, 6.45) is 6.74. The Kier molecular flexibility index (Phi) is 4.14. The van der Waals surface area contributed by atoms with E-state index in [4.69, 9.17) is 11.6 Å². The van der Waals surface area contributed by atoms with E-state index in [1.54, 1.807) is 6.33 Å². The van der Waals surface area contributed by atoms with E-state index in [-0.39, 0.29) is 0 Å². The lowest BCUT2D eigenvalue weighted by atomic mass is 10.1. The maximum absolute atomic E-state index is 5.98. The normalized spacial score (nSPS) is 15.8. The smallest absolute Gasteiger partial charge is 0.151 e. The summed E-state index contributed by atoms with van der Waals surface area (Å²) in [5, 5.41) is 0.730. The van der Waals surface area contributed by atoms with Crippen molar-refractivity contribution >= 4 is 39.2 Å². The van der Waals surface area contributed by atoms with E-state index >= 15 is 0 Å². The Morgan fingerprint density at radius 3 is 2.43 bits per heavy atom. The van der Waals surface area contributed by atoms with Crippen LogP contribution in [0.5, 0.6) is 0 Å². The van der Waals surface area contributed by atoms with Crippen LogP contribution in [0.3, 0.4) is 0 Å². The fraction of sp³-hybridized carbons (Fsp3) is 0.353. The lowest BCUT2D eigenvalue weighted by molar-refractivity contribution is 0.726. The number of rotatable bonds is 2. The molecule has 0 spiro atoms. The first-order chi connectivity index (χ1) is 11.3. The van der Waals surface area contributed by atoms with Gasteiger partial charge in [-0.2, -0.15) is 4.37 Å². The minimum absolute atomic E-state index is 0.730. The minimum Gasteiger partial charge on any atom is -0.355 e. The van der Waals surface area contributed by atoms with Gasteiger partial charge in [-0.05, 0) is 36.5 Å². The van der Waals surface area contributed by atoms with Gasteiger partial charge >= 0.3 is 0 Å². The monoisotopic (exact) mass is 344 g/mol. The minimum atomic E-state index is 0.730. The molecule has 1 aromatic carbocycles. The van der Waals surface area contributed by atoms with Gasteiger partial charge < -0.3 is 4.90 Å². The predicted octanol–water partition coefficient (Wildman–Crippen LogP) is 4.79. The third-order valence-electron chi connectivity index (χ3n) is 4.26. The summed E-state index contributed by atoms with van der Waals surface area (Å²) in [6.45, 7) is 2.14. The Morgan fingerprint density at radius 1 is 0.957 bits per heavy atom. The van der Waals surface area contributed by atoms with E-state index in [0.29, 0.717) is 0 Å². The molecule has 118 valence electrons. The highest BCUT2D eigenvalue weighted by atomic mass is 35.5. The van der Waals surface area contributed by atoms with Crippen molar-refractivity contribution in [2.24, 2.45) is 0 Å². The van der Waals surface area contributed by atoms with Gasteiger partial charge in [0.05, 0.1) is 0 Å². The van der Waals surface area contributed by atoms with Crippen LogP contribution in [-0.2, 0) is 0 Å². The molecule has 1 saturated heterocycles. The van der Waals surface area contributed by atoms with Crippen molar-refractivity contribution < 1.29 is 0 Å². The van der Waals surface area contributed by atoms with Crippen LogP contribution in [0.25, 0.3) is 21.5 Å². The van der Waals surface area contributed by atoms with E-state index in [1.165, 1.54) is 37.2 Å². The number of benzene rings is 1. The third kappa shape index (κ3) is 2.91. The van der Waals surface area contributed by atoms with E-state index in [9.17, 15) is 0 Å². The Labute approximate surface area is 144 Å². The topological polar surface area (TPSA) is 41.9 Å². The fourth-order valence-corrected chi connectivity index (χ4v) is 4.06. The molecule has 0 unspecified atom stereocenters. The molecule has 3 heterocycles. The number of nitrogens with zero attached hydrogens (tertiary/aromatic N) is 4. The second kappa shape index (κ2) is 6.42. The lowest BCUT2D eigenvalue weighted by Crippen LogP contribution is -2.24. The molecule has 0 aliphatic carbocycles. The summed E-state index contributed by atoms with van der Waals surface area (Å²) < 4.78 is 5.73. The average Bonchev–Trinajstić information content (AvgIpc) is 2.83. The first-order valence-corrected chi connectivity index (χ1v) is 9.09. The number of fused-ring (bicyclic) bond motifs is 1. The van der Waals surface area contributed by atoms with Gasteiger partial charge in [0, 0.05) is 23.7 Å². The number of halogens is 1. The summed E-state index contributed by atoms with van der Waals surface area (Å²) in [6, 6.07) is 7.76. The van der Waals surface area contributed by atoms with Crippen LogP contribution >= 0.6 is 23.1 Å². The first kappa shape index (κ1) is 14.8. The van der Waals surface area contributed by atoms with E-state index in [1.807, 2.05) is 24.3 Å². The summed E-state index contributed by atoms with van der Waals surface area (Å²) in [5.74, 6) is 1.04. The van der Waals surface area contributed by atoms with Gasteiger partial charge in [-0.3, -0.25) is 0 Å². The molecule has 23 heavy (non-hydrogen) atoms. The van der Waals surface area contributed by atoms with Gasteiger partial charge in [0.2, 0.25) is 0 Å². The van der Waals surface area contributed by atoms with Crippen molar-refractivity contribution in [1.29, 1.82) is 0 Å². The van der Waals surface area contributed by atoms with Crippen molar-refractivity contribution in [1.82, 2.24) is 14.3 Å². The van der Waals surface area contributed by atoms with Crippen molar-refractivity contribution in [2.45, 2.75) is 25.7 Å². The standard InChI is InChI=1S/C17H17ClN4S/c18-13-7-5-12(6-8-13)14-15-16(23-21-14)17(20-11-19-15)22-9-3-1-2-4-10-22/h5-8,11H,1-4,9-10H2. The molecule has 1 aliphatic rings. The van der Waals surface area contributed by atoms with Crippen LogP contribution in [-0.4, -0.2) is 27.4 Å². The maximum Gasteiger partial charge on any atom is 0.151 e. The van der Waals surface area contributed by atoms with Gasteiger partial charge in [0.1, 0.15) is 22.2 Å². The molecule has 0 N–H and O–H groups in total. The molecule has 0 amide bonds. The highest BCUT2D eigenvalue weighted by Gasteiger charge is 2.19. The Morgan fingerprint density at radius 2 is 1.70 bits per heavy atom. The maximum atomic E-state index is 5.98. The highest BCUT2D eigenvalue weighted by Crippen LogP contribution is 2.35. The number of hydrogen-bond donors (Lipinski definition) is 0. The second-order valence-corrected chi connectivity index (χ2v) is 7.02. The molecule has 0 bridgehead atoms. The quantitative estimate of drug-likeness (QED) is 0.670. The second-order valence-electron chi connectivity index (χ2n) is 5.81. The van der Waals surface area contributed by atoms with E-state index in [0.717, 1.165) is 45.4 Å². The molecule has 1 fully saturated rings. The lowest BCUT2D eigenvalue weighted by Gasteiger charge is -2.21. The van der Waals surface area contributed by atoms with Crippen molar-refractivity contribution in [3.63, 3.8) is 0 Å². The molecule has 4 nitrogen and oxygen atoms in total. The summed E-state index contributed by atoms with van der Waals surface area (Å²) in [5.41, 5.74) is 2.90. The zero-order valence-electron chi connectivity index (χ0n) is 12.7. The Hall–Kier alpha value is -1.72. The van der Waals surface area contributed by atoms with Crippen LogP contribution in [0.2, 0.25) is 5.02 Å². The Bertz CT molecular complexity index is 807. The molecular weight excluding hydrogens is 328 g/mol. The van der Waals surface area contributed by atoms with Crippen molar-refractivity contribution in [3.05, 3.63) is 35.6 Å². The first-order valence-electron chi connectivity index (χ1n) is 7.94. The fourth-order valence-electron chi connectivity index (χ4n) is 3.06. The summed E-state index contributed by atoms with van der Waals surface area (Å²) >= 11 is 7.47. The molecule has 4 rings (SSSR count). The van der Waals surface area contributed by atoms with Crippen molar-refractivity contribution in [3.8, 4) is 11.3 Å². The van der Waals surface area contributed by atoms with E-state index in [2.05, 4.69) is 19.2 Å². The summed E-state index contributed by atoms with van der Waals surface area (Å²) in [4.78, 5) is 11.4. The van der Waals surface area contributed by atoms with Gasteiger partial charge in [-0.15, -0.1) is 0 Å². The summed E-state index contributed by atoms with van der Waals surface area (Å²) in [7, 11) is 0. The number of aromatic nitrogens is 3. The molecule has 0 atom stereocenters. The molecule has 6 heteroatoms. The molecule has 0 saturated carbocycles. The Balaban J connectivity index is 1.78. The molecule has 1 aliphatic heterocycles. The van der Waals surface area contributed by atoms with Crippen LogP contribution < -0.4 is 4.90 Å². The van der Waals surface area contributed by atoms with Crippen molar-refractivity contribution in [2.75, 3.05) is 18.0 Å². The van der Waals surface area contributed by atoms with Crippen LogP contribution in [0.15, 0.2) is 30.6 Å². The zero-order chi connectivity index (χ0) is 15.6. The molecular formula is C17H17ClN4S. The zero-order valence-corrected chi connectivity index (χ0v) is 14.3. The molecule has 3 aromatic rings. The van der Waals surface area contributed by atoms with Gasteiger partial charge in [-0.1, -0.05) is 36.6 Å². The number of anilines is 1. The average molecular weight is 345 g/mol. The van der Waals surface area contributed by atoms with Crippen LogP contribution in [0.1, 0.15) is 25.7 Å².